The molecule has 1 nitrogen and oxygen atoms in total. The van der Waals surface area contributed by atoms with Crippen molar-refractivity contribution in [2.45, 2.75) is 37.5 Å². The molecule has 0 atom stereocenters. The Balaban J connectivity index is 1.56. The van der Waals surface area contributed by atoms with Gasteiger partial charge in [-0.1, -0.05) is 37.9 Å². The third kappa shape index (κ3) is 2.27. The van der Waals surface area contributed by atoms with Crippen molar-refractivity contribution in [1.82, 2.24) is 0 Å². The number of hydrogen-bond acceptors (Lipinski definition) is 1. The van der Waals surface area contributed by atoms with Crippen molar-refractivity contribution in [3.8, 4) is 11.5 Å². The minimum absolute atomic E-state index is 0.108. The molecule has 8 rings (SSSR count). The highest BCUT2D eigenvalue weighted by atomic mass is 79.9. The van der Waals surface area contributed by atoms with Crippen LogP contribution >= 0.6 is 31.9 Å². The monoisotopic (exact) mass is 508 g/mol. The molecule has 0 saturated heterocycles. The van der Waals surface area contributed by atoms with Gasteiger partial charge in [-0.05, 0) is 109 Å². The van der Waals surface area contributed by atoms with Gasteiger partial charge in [0.05, 0.1) is 0 Å². The van der Waals surface area contributed by atoms with Crippen LogP contribution in [0.4, 0.5) is 0 Å². The van der Waals surface area contributed by atoms with Crippen LogP contribution in [0.5, 0.6) is 11.5 Å². The highest BCUT2D eigenvalue weighted by Crippen LogP contribution is 2.69. The fraction of sp³-hybridized carbons (Fsp3) is 0.385. The highest BCUT2D eigenvalue weighted by Gasteiger charge is 2.61. The molecule has 3 heteroatoms. The Kier molecular flexibility index (Phi) is 3.52. The van der Waals surface area contributed by atoms with E-state index in [1.165, 1.54) is 58.5 Å². The molecule has 4 fully saturated rings. The maximum Gasteiger partial charge on any atom is 0.132 e. The van der Waals surface area contributed by atoms with E-state index in [0.717, 1.165) is 39.6 Å². The van der Waals surface area contributed by atoms with Crippen LogP contribution in [0, 0.1) is 23.7 Å². The summed E-state index contributed by atoms with van der Waals surface area (Å²) in [5.41, 5.74) is 2.99. The molecule has 0 N–H and O–H groups in total. The zero-order valence-electron chi connectivity index (χ0n) is 16.1. The van der Waals surface area contributed by atoms with Crippen LogP contribution in [0.1, 0.15) is 43.2 Å². The quantitative estimate of drug-likeness (QED) is 0.296. The third-order valence-electron chi connectivity index (χ3n) is 8.38. The van der Waals surface area contributed by atoms with Gasteiger partial charge >= 0.3 is 0 Å². The smallest absolute Gasteiger partial charge is 0.132 e. The van der Waals surface area contributed by atoms with Gasteiger partial charge in [0, 0.05) is 25.5 Å². The van der Waals surface area contributed by atoms with E-state index < -0.39 is 0 Å². The summed E-state index contributed by atoms with van der Waals surface area (Å²) in [6.07, 6.45) is 7.01. The molecule has 0 radical (unpaired) electrons. The Bertz CT molecular complexity index is 1150. The van der Waals surface area contributed by atoms with Crippen LogP contribution in [-0.4, -0.2) is 0 Å². The number of benzene rings is 3. The predicted molar refractivity (Wildman–Crippen MR) is 124 cm³/mol. The maximum atomic E-state index is 6.57. The molecule has 4 bridgehead atoms. The SMILES string of the molecule is Brc1ccc2c(c1)C1(c3cc4cc(Br)ccc4cc3O2)C2CC3CC(C2)CC1C3. The van der Waals surface area contributed by atoms with Gasteiger partial charge in [0.15, 0.2) is 0 Å². The Labute approximate surface area is 188 Å². The predicted octanol–water partition coefficient (Wildman–Crippen LogP) is 8.21. The van der Waals surface area contributed by atoms with Crippen molar-refractivity contribution in [3.05, 3.63) is 68.6 Å². The number of rotatable bonds is 0. The third-order valence-corrected chi connectivity index (χ3v) is 9.37. The molecule has 0 unspecified atom stereocenters. The summed E-state index contributed by atoms with van der Waals surface area (Å²) in [4.78, 5) is 0. The molecule has 4 aliphatic carbocycles. The van der Waals surface area contributed by atoms with Crippen molar-refractivity contribution >= 4 is 42.6 Å². The molecule has 146 valence electrons. The molecule has 3 aromatic rings. The van der Waals surface area contributed by atoms with E-state index in [2.05, 4.69) is 80.4 Å². The van der Waals surface area contributed by atoms with Gasteiger partial charge in [-0.2, -0.15) is 0 Å². The van der Waals surface area contributed by atoms with E-state index in [4.69, 9.17) is 4.74 Å². The molecular weight excluding hydrogens is 488 g/mol. The average molecular weight is 510 g/mol. The van der Waals surface area contributed by atoms with E-state index in [0.29, 0.717) is 0 Å². The average Bonchev–Trinajstić information content (AvgIpc) is 2.69. The van der Waals surface area contributed by atoms with Crippen molar-refractivity contribution < 1.29 is 4.74 Å². The lowest BCUT2D eigenvalue weighted by Gasteiger charge is -2.63. The van der Waals surface area contributed by atoms with Crippen LogP contribution in [0.15, 0.2) is 57.5 Å². The van der Waals surface area contributed by atoms with Gasteiger partial charge in [-0.3, -0.25) is 0 Å². The first kappa shape index (κ1) is 17.4. The van der Waals surface area contributed by atoms with Gasteiger partial charge in [0.2, 0.25) is 0 Å². The zero-order valence-corrected chi connectivity index (χ0v) is 19.3. The summed E-state index contributed by atoms with van der Waals surface area (Å²) in [6.45, 7) is 0. The van der Waals surface area contributed by atoms with E-state index >= 15 is 0 Å². The van der Waals surface area contributed by atoms with E-state index in [-0.39, 0.29) is 5.41 Å². The highest BCUT2D eigenvalue weighted by molar-refractivity contribution is 9.10. The van der Waals surface area contributed by atoms with Crippen molar-refractivity contribution in [2.75, 3.05) is 0 Å². The number of halogens is 2. The molecule has 3 aromatic carbocycles. The lowest BCUT2D eigenvalue weighted by atomic mass is 9.42. The van der Waals surface area contributed by atoms with Crippen molar-refractivity contribution in [2.24, 2.45) is 23.7 Å². The fourth-order valence-electron chi connectivity index (χ4n) is 7.64. The van der Waals surface area contributed by atoms with Crippen LogP contribution < -0.4 is 4.74 Å². The maximum absolute atomic E-state index is 6.57. The minimum atomic E-state index is 0.108. The minimum Gasteiger partial charge on any atom is -0.457 e. The molecule has 1 heterocycles. The molecule has 1 aliphatic heterocycles. The van der Waals surface area contributed by atoms with Gasteiger partial charge in [0.1, 0.15) is 11.5 Å². The standard InChI is InChI=1S/C26H22Br2O/c27-20-2-1-16-12-25-22(11-17(16)10-20)26(23-13-21(28)3-4-24(23)29-25)18-6-14-5-15(8-18)9-19(26)7-14/h1-4,10-15,18-19H,5-9H2. The summed E-state index contributed by atoms with van der Waals surface area (Å²) in [6, 6.07) is 18.0. The lowest BCUT2D eigenvalue weighted by Crippen LogP contribution is -2.57. The Hall–Kier alpha value is -1.32. The fourth-order valence-corrected chi connectivity index (χ4v) is 8.38. The van der Waals surface area contributed by atoms with Crippen molar-refractivity contribution in [3.63, 3.8) is 0 Å². The Morgan fingerprint density at radius 2 is 1.31 bits per heavy atom. The largest absolute Gasteiger partial charge is 0.457 e. The molecule has 5 aliphatic rings. The van der Waals surface area contributed by atoms with E-state index in [9.17, 15) is 0 Å². The zero-order chi connectivity index (χ0) is 19.3. The Morgan fingerprint density at radius 1 is 0.655 bits per heavy atom. The first-order valence-electron chi connectivity index (χ1n) is 10.8. The second-order valence-electron chi connectivity index (χ2n) is 9.76. The molecule has 1 spiro atoms. The van der Waals surface area contributed by atoms with E-state index in [1.54, 1.807) is 0 Å². The summed E-state index contributed by atoms with van der Waals surface area (Å²) < 4.78 is 8.88. The van der Waals surface area contributed by atoms with Crippen molar-refractivity contribution in [1.29, 1.82) is 0 Å². The van der Waals surface area contributed by atoms with Gasteiger partial charge in [-0.25, -0.2) is 0 Å². The van der Waals surface area contributed by atoms with Crippen LogP contribution in [0.3, 0.4) is 0 Å². The van der Waals surface area contributed by atoms with Gasteiger partial charge in [-0.15, -0.1) is 0 Å². The summed E-state index contributed by atoms with van der Waals surface area (Å²) in [7, 11) is 0. The van der Waals surface area contributed by atoms with Crippen LogP contribution in [-0.2, 0) is 5.41 Å². The number of fused-ring (bicyclic) bond motifs is 3. The second kappa shape index (κ2) is 5.88. The van der Waals surface area contributed by atoms with Crippen LogP contribution in [0.25, 0.3) is 10.8 Å². The summed E-state index contributed by atoms with van der Waals surface area (Å²) in [5.74, 6) is 5.52. The Morgan fingerprint density at radius 3 is 2.07 bits per heavy atom. The first-order chi connectivity index (χ1) is 14.1. The molecule has 0 aromatic heterocycles. The number of hydrogen-bond donors (Lipinski definition) is 0. The topological polar surface area (TPSA) is 9.23 Å². The second-order valence-corrected chi connectivity index (χ2v) is 11.6. The van der Waals surface area contributed by atoms with Crippen LogP contribution in [0.2, 0.25) is 0 Å². The first-order valence-corrected chi connectivity index (χ1v) is 12.4. The number of ether oxygens (including phenoxy) is 1. The molecule has 29 heavy (non-hydrogen) atoms. The van der Waals surface area contributed by atoms with Gasteiger partial charge in [0.25, 0.3) is 0 Å². The molecule has 4 saturated carbocycles. The van der Waals surface area contributed by atoms with Gasteiger partial charge < -0.3 is 4.74 Å². The molecule has 0 amide bonds. The van der Waals surface area contributed by atoms with E-state index in [1.807, 2.05) is 0 Å². The lowest BCUT2D eigenvalue weighted by molar-refractivity contribution is -0.0452. The summed E-state index contributed by atoms with van der Waals surface area (Å²) >= 11 is 7.44. The molecular formula is C26H22Br2O. The summed E-state index contributed by atoms with van der Waals surface area (Å²) in [5, 5.41) is 2.57. The normalized spacial score (nSPS) is 33.6.